The summed E-state index contributed by atoms with van der Waals surface area (Å²) in [6.07, 6.45) is 8.95. The van der Waals surface area contributed by atoms with Crippen LogP contribution >= 0.6 is 0 Å². The summed E-state index contributed by atoms with van der Waals surface area (Å²) in [5, 5.41) is 0. The number of hydrogen-bond acceptors (Lipinski definition) is 2. The second kappa shape index (κ2) is 12.6. The zero-order valence-corrected chi connectivity index (χ0v) is 19.0. The van der Waals surface area contributed by atoms with E-state index in [1.54, 1.807) is 16.4 Å². The predicted molar refractivity (Wildman–Crippen MR) is 117 cm³/mol. The third kappa shape index (κ3) is 7.95. The van der Waals surface area contributed by atoms with Crippen LogP contribution in [-0.2, 0) is 10.0 Å². The predicted octanol–water partition coefficient (Wildman–Crippen LogP) is 6.42. The van der Waals surface area contributed by atoms with Gasteiger partial charge in [-0.1, -0.05) is 83.9 Å². The first kappa shape index (κ1) is 24.2. The van der Waals surface area contributed by atoms with Gasteiger partial charge in [0, 0.05) is 13.1 Å². The molecule has 0 amide bonds. The Hall–Kier alpha value is -0.870. The highest BCUT2D eigenvalue weighted by atomic mass is 32.2. The topological polar surface area (TPSA) is 37.4 Å². The molecule has 0 aliphatic heterocycles. The first-order valence-corrected chi connectivity index (χ1v) is 12.4. The van der Waals surface area contributed by atoms with Crippen LogP contribution in [0.5, 0.6) is 0 Å². The van der Waals surface area contributed by atoms with Crippen molar-refractivity contribution in [2.75, 3.05) is 13.1 Å². The first-order chi connectivity index (χ1) is 12.9. The average Bonchev–Trinajstić information content (AvgIpc) is 2.67. The number of hydrogen-bond donors (Lipinski definition) is 0. The van der Waals surface area contributed by atoms with Crippen molar-refractivity contribution in [1.82, 2.24) is 4.31 Å². The van der Waals surface area contributed by atoms with E-state index in [1.165, 1.54) is 12.8 Å². The van der Waals surface area contributed by atoms with Crippen LogP contribution in [0.25, 0.3) is 0 Å². The maximum absolute atomic E-state index is 13.4. The summed E-state index contributed by atoms with van der Waals surface area (Å²) in [4.78, 5) is 0.434. The first-order valence-electron chi connectivity index (χ1n) is 11.0. The van der Waals surface area contributed by atoms with Crippen LogP contribution in [-0.4, -0.2) is 25.8 Å². The van der Waals surface area contributed by atoms with Crippen molar-refractivity contribution in [3.05, 3.63) is 29.8 Å². The number of sulfonamides is 1. The molecule has 1 aromatic carbocycles. The molecule has 0 radical (unpaired) electrons. The van der Waals surface area contributed by atoms with Crippen LogP contribution in [0.2, 0.25) is 0 Å². The Morgan fingerprint density at radius 3 is 1.63 bits per heavy atom. The number of rotatable bonds is 14. The molecule has 0 spiro atoms. The van der Waals surface area contributed by atoms with Gasteiger partial charge in [-0.15, -0.1) is 0 Å². The smallest absolute Gasteiger partial charge is 0.207 e. The van der Waals surface area contributed by atoms with Gasteiger partial charge in [0.15, 0.2) is 0 Å². The lowest BCUT2D eigenvalue weighted by molar-refractivity contribution is 0.270. The molecule has 0 fully saturated rings. The lowest BCUT2D eigenvalue weighted by Gasteiger charge is -2.30. The number of aryl methyl sites for hydroxylation is 1. The van der Waals surface area contributed by atoms with E-state index in [1.807, 2.05) is 19.1 Å². The Morgan fingerprint density at radius 2 is 1.26 bits per heavy atom. The Labute approximate surface area is 168 Å². The zero-order chi connectivity index (χ0) is 20.3. The van der Waals surface area contributed by atoms with Gasteiger partial charge in [0.25, 0.3) is 0 Å². The largest absolute Gasteiger partial charge is 0.243 e. The zero-order valence-electron chi connectivity index (χ0n) is 18.2. The standard InChI is InChI=1S/C23H41NO2S/c1-6-10-12-21(8-3)18-24(19-22(9-4)13-11-7-2)27(25,26)23-16-14-20(5)15-17-23/h14-17,21-22H,6-13,18-19H2,1-5H3. The average molecular weight is 396 g/mol. The molecule has 4 heteroatoms. The van der Waals surface area contributed by atoms with Crippen molar-refractivity contribution in [2.45, 2.75) is 90.9 Å². The van der Waals surface area contributed by atoms with Crippen LogP contribution < -0.4 is 0 Å². The van der Waals surface area contributed by atoms with E-state index < -0.39 is 10.0 Å². The molecule has 0 N–H and O–H groups in total. The molecular weight excluding hydrogens is 354 g/mol. The normalized spacial score (nSPS) is 14.4. The lowest BCUT2D eigenvalue weighted by atomic mass is 9.97. The molecule has 2 unspecified atom stereocenters. The number of unbranched alkanes of at least 4 members (excludes halogenated alkanes) is 2. The summed E-state index contributed by atoms with van der Waals surface area (Å²) in [5.41, 5.74) is 1.09. The number of benzene rings is 1. The van der Waals surface area contributed by atoms with Crippen molar-refractivity contribution in [1.29, 1.82) is 0 Å². The minimum atomic E-state index is -3.44. The fourth-order valence-corrected chi connectivity index (χ4v) is 5.13. The molecule has 1 aromatic rings. The summed E-state index contributed by atoms with van der Waals surface area (Å²) in [6.45, 7) is 12.1. The number of nitrogens with zero attached hydrogens (tertiary/aromatic N) is 1. The van der Waals surface area contributed by atoms with Crippen LogP contribution in [0.3, 0.4) is 0 Å². The van der Waals surface area contributed by atoms with E-state index in [4.69, 9.17) is 0 Å². The Balaban J connectivity index is 3.08. The van der Waals surface area contributed by atoms with Gasteiger partial charge in [0.1, 0.15) is 0 Å². The summed E-state index contributed by atoms with van der Waals surface area (Å²) >= 11 is 0. The van der Waals surface area contributed by atoms with E-state index in [0.29, 0.717) is 29.8 Å². The molecule has 156 valence electrons. The van der Waals surface area contributed by atoms with Crippen molar-refractivity contribution in [3.63, 3.8) is 0 Å². The molecule has 0 heterocycles. The fraction of sp³-hybridized carbons (Fsp3) is 0.739. The highest BCUT2D eigenvalue weighted by Gasteiger charge is 2.28. The van der Waals surface area contributed by atoms with E-state index in [-0.39, 0.29) is 0 Å². The molecule has 0 bridgehead atoms. The maximum atomic E-state index is 13.4. The molecule has 2 atom stereocenters. The van der Waals surface area contributed by atoms with Crippen LogP contribution in [0.1, 0.15) is 84.6 Å². The van der Waals surface area contributed by atoms with Crippen molar-refractivity contribution in [2.24, 2.45) is 11.8 Å². The third-order valence-corrected chi connectivity index (χ3v) is 7.51. The quantitative estimate of drug-likeness (QED) is 0.364. The molecule has 0 saturated carbocycles. The Morgan fingerprint density at radius 1 is 0.815 bits per heavy atom. The van der Waals surface area contributed by atoms with Crippen molar-refractivity contribution < 1.29 is 8.42 Å². The van der Waals surface area contributed by atoms with Gasteiger partial charge in [0.2, 0.25) is 10.0 Å². The molecule has 0 aliphatic rings. The monoisotopic (exact) mass is 395 g/mol. The van der Waals surface area contributed by atoms with Gasteiger partial charge in [-0.05, 0) is 43.7 Å². The van der Waals surface area contributed by atoms with Gasteiger partial charge in [-0.3, -0.25) is 0 Å². The van der Waals surface area contributed by atoms with Crippen LogP contribution in [0.4, 0.5) is 0 Å². The van der Waals surface area contributed by atoms with Crippen LogP contribution in [0, 0.1) is 18.8 Å². The second-order valence-corrected chi connectivity index (χ2v) is 9.91. The van der Waals surface area contributed by atoms with Gasteiger partial charge in [-0.25, -0.2) is 8.42 Å². The summed E-state index contributed by atoms with van der Waals surface area (Å²) in [5.74, 6) is 0.878. The summed E-state index contributed by atoms with van der Waals surface area (Å²) in [6, 6.07) is 7.32. The summed E-state index contributed by atoms with van der Waals surface area (Å²) in [7, 11) is -3.44. The molecule has 1 rings (SSSR count). The van der Waals surface area contributed by atoms with Gasteiger partial charge in [0.05, 0.1) is 4.90 Å². The van der Waals surface area contributed by atoms with E-state index in [2.05, 4.69) is 27.7 Å². The van der Waals surface area contributed by atoms with Gasteiger partial charge >= 0.3 is 0 Å². The van der Waals surface area contributed by atoms with E-state index >= 15 is 0 Å². The molecule has 27 heavy (non-hydrogen) atoms. The molecule has 0 saturated heterocycles. The highest BCUT2D eigenvalue weighted by Crippen LogP contribution is 2.25. The Bertz CT molecular complexity index is 592. The van der Waals surface area contributed by atoms with E-state index in [9.17, 15) is 8.42 Å². The van der Waals surface area contributed by atoms with Crippen molar-refractivity contribution in [3.8, 4) is 0 Å². The van der Waals surface area contributed by atoms with Gasteiger partial charge < -0.3 is 0 Å². The molecule has 3 nitrogen and oxygen atoms in total. The summed E-state index contributed by atoms with van der Waals surface area (Å²) < 4.78 is 28.6. The van der Waals surface area contributed by atoms with Gasteiger partial charge in [-0.2, -0.15) is 4.31 Å². The highest BCUT2D eigenvalue weighted by molar-refractivity contribution is 7.89. The van der Waals surface area contributed by atoms with Crippen molar-refractivity contribution >= 4 is 10.0 Å². The molecule has 0 aromatic heterocycles. The maximum Gasteiger partial charge on any atom is 0.243 e. The Kier molecular flexibility index (Phi) is 11.2. The minimum Gasteiger partial charge on any atom is -0.207 e. The lowest BCUT2D eigenvalue weighted by Crippen LogP contribution is -2.39. The minimum absolute atomic E-state index is 0.434. The molecular formula is C23H41NO2S. The second-order valence-electron chi connectivity index (χ2n) is 7.97. The molecule has 0 aliphatic carbocycles. The SMILES string of the molecule is CCCCC(CC)CN(CC(CC)CCCC)S(=O)(=O)c1ccc(C)cc1. The van der Waals surface area contributed by atoms with E-state index in [0.717, 1.165) is 44.1 Å². The third-order valence-electron chi connectivity index (χ3n) is 5.67. The fourth-order valence-electron chi connectivity index (χ4n) is 3.54. The van der Waals surface area contributed by atoms with Crippen LogP contribution in [0.15, 0.2) is 29.2 Å².